The first kappa shape index (κ1) is 11.4. The maximum Gasteiger partial charge on any atom is 0.0989 e. The molecule has 0 aliphatic carbocycles. The zero-order valence-corrected chi connectivity index (χ0v) is 8.34. The molecule has 70 valence electrons. The van der Waals surface area contributed by atoms with Crippen molar-refractivity contribution >= 4 is 0 Å². The van der Waals surface area contributed by atoms with Crippen molar-refractivity contribution in [1.29, 1.82) is 0 Å². The molecule has 0 aromatic carbocycles. The molecule has 0 N–H and O–H groups in total. The first-order valence-electron chi connectivity index (χ1n) is 4.26. The van der Waals surface area contributed by atoms with E-state index in [1.807, 2.05) is 19.1 Å². The van der Waals surface area contributed by atoms with Crippen LogP contribution in [0.2, 0.25) is 0 Å². The first-order valence-corrected chi connectivity index (χ1v) is 4.26. The van der Waals surface area contributed by atoms with Crippen LogP contribution in [0.4, 0.5) is 0 Å². The molecule has 0 bridgehead atoms. The Bertz CT molecular complexity index is 152. The van der Waals surface area contributed by atoms with Crippen LogP contribution in [0.25, 0.3) is 0 Å². The Kier molecular flexibility index (Phi) is 6.72. The standard InChI is InChI=1S/C10H19NO/c1-5-7-10(3)8-11(6-2)9-12-4/h5,7H,3,6,8-9H2,1-2,4H3. The fourth-order valence-electron chi connectivity index (χ4n) is 1.01. The van der Waals surface area contributed by atoms with E-state index in [-0.39, 0.29) is 0 Å². The third kappa shape index (κ3) is 5.10. The van der Waals surface area contributed by atoms with Gasteiger partial charge < -0.3 is 4.74 Å². The minimum Gasteiger partial charge on any atom is -0.369 e. The molecule has 12 heavy (non-hydrogen) atoms. The highest BCUT2D eigenvalue weighted by Gasteiger charge is 2.00. The van der Waals surface area contributed by atoms with Gasteiger partial charge in [-0.15, -0.1) is 0 Å². The predicted octanol–water partition coefficient (Wildman–Crippen LogP) is 2.04. The summed E-state index contributed by atoms with van der Waals surface area (Å²) >= 11 is 0. The van der Waals surface area contributed by atoms with Crippen LogP contribution in [0.5, 0.6) is 0 Å². The summed E-state index contributed by atoms with van der Waals surface area (Å²) in [6.07, 6.45) is 4.03. The summed E-state index contributed by atoms with van der Waals surface area (Å²) in [5.74, 6) is 0. The molecule has 0 spiro atoms. The Morgan fingerprint density at radius 2 is 2.25 bits per heavy atom. The molecule has 0 amide bonds. The topological polar surface area (TPSA) is 12.5 Å². The van der Waals surface area contributed by atoms with Crippen molar-refractivity contribution in [3.8, 4) is 0 Å². The second-order valence-corrected chi connectivity index (χ2v) is 2.72. The Balaban J connectivity index is 3.76. The molecule has 0 heterocycles. The van der Waals surface area contributed by atoms with Gasteiger partial charge in [0.2, 0.25) is 0 Å². The van der Waals surface area contributed by atoms with Crippen LogP contribution in [-0.2, 0) is 4.74 Å². The van der Waals surface area contributed by atoms with Gasteiger partial charge in [-0.1, -0.05) is 25.7 Å². The molecule has 0 aromatic rings. The average molecular weight is 169 g/mol. The average Bonchev–Trinajstić information content (AvgIpc) is 2.04. The van der Waals surface area contributed by atoms with Gasteiger partial charge in [-0.05, 0) is 19.0 Å². The smallest absolute Gasteiger partial charge is 0.0989 e. The Morgan fingerprint density at radius 1 is 1.58 bits per heavy atom. The molecule has 2 heteroatoms. The van der Waals surface area contributed by atoms with Crippen molar-refractivity contribution in [3.05, 3.63) is 24.3 Å². The van der Waals surface area contributed by atoms with Crippen LogP contribution >= 0.6 is 0 Å². The number of methoxy groups -OCH3 is 1. The quantitative estimate of drug-likeness (QED) is 0.445. The summed E-state index contributed by atoms with van der Waals surface area (Å²) in [5.41, 5.74) is 1.12. The van der Waals surface area contributed by atoms with E-state index in [1.165, 1.54) is 0 Å². The third-order valence-corrected chi connectivity index (χ3v) is 1.59. The van der Waals surface area contributed by atoms with Crippen molar-refractivity contribution in [2.24, 2.45) is 0 Å². The van der Waals surface area contributed by atoms with Crippen LogP contribution in [-0.4, -0.2) is 31.8 Å². The SMILES string of the molecule is C=C(C=CC)CN(CC)COC. The summed E-state index contributed by atoms with van der Waals surface area (Å²) in [5, 5.41) is 0. The number of ether oxygens (including phenoxy) is 1. The lowest BCUT2D eigenvalue weighted by Gasteiger charge is -2.18. The molecule has 0 atom stereocenters. The van der Waals surface area contributed by atoms with E-state index in [0.29, 0.717) is 6.73 Å². The monoisotopic (exact) mass is 169 g/mol. The molecule has 0 aliphatic rings. The molecule has 0 radical (unpaired) electrons. The van der Waals surface area contributed by atoms with Crippen LogP contribution in [0.15, 0.2) is 24.3 Å². The van der Waals surface area contributed by atoms with Crippen LogP contribution in [0.1, 0.15) is 13.8 Å². The lowest BCUT2D eigenvalue weighted by atomic mass is 10.2. The van der Waals surface area contributed by atoms with E-state index in [0.717, 1.165) is 18.7 Å². The van der Waals surface area contributed by atoms with Crippen molar-refractivity contribution < 1.29 is 4.74 Å². The highest BCUT2D eigenvalue weighted by molar-refractivity contribution is 5.15. The van der Waals surface area contributed by atoms with Gasteiger partial charge in [0.05, 0.1) is 6.73 Å². The lowest BCUT2D eigenvalue weighted by molar-refractivity contribution is 0.0742. The number of rotatable bonds is 6. The van der Waals surface area contributed by atoms with Gasteiger partial charge in [-0.2, -0.15) is 0 Å². The van der Waals surface area contributed by atoms with Crippen molar-refractivity contribution in [3.63, 3.8) is 0 Å². The van der Waals surface area contributed by atoms with Gasteiger partial charge in [-0.3, -0.25) is 4.90 Å². The van der Waals surface area contributed by atoms with Crippen LogP contribution < -0.4 is 0 Å². The molecule has 0 saturated heterocycles. The molecule has 0 aromatic heterocycles. The molecule has 2 nitrogen and oxygen atoms in total. The summed E-state index contributed by atoms with van der Waals surface area (Å²) in [6, 6.07) is 0. The molecule has 0 aliphatic heterocycles. The van der Waals surface area contributed by atoms with Crippen LogP contribution in [0.3, 0.4) is 0 Å². The van der Waals surface area contributed by atoms with Crippen molar-refractivity contribution in [2.75, 3.05) is 26.9 Å². The first-order chi connectivity index (χ1) is 5.74. The molecular weight excluding hydrogens is 150 g/mol. The van der Waals surface area contributed by atoms with Crippen molar-refractivity contribution in [2.45, 2.75) is 13.8 Å². The van der Waals surface area contributed by atoms with E-state index in [4.69, 9.17) is 4.74 Å². The second-order valence-electron chi connectivity index (χ2n) is 2.72. The van der Waals surface area contributed by atoms with Gasteiger partial charge in [0.1, 0.15) is 0 Å². The Morgan fingerprint density at radius 3 is 2.67 bits per heavy atom. The maximum absolute atomic E-state index is 5.03. The largest absolute Gasteiger partial charge is 0.369 e. The van der Waals surface area contributed by atoms with Gasteiger partial charge in [0.15, 0.2) is 0 Å². The summed E-state index contributed by atoms with van der Waals surface area (Å²) in [7, 11) is 1.71. The van der Waals surface area contributed by atoms with Crippen molar-refractivity contribution in [1.82, 2.24) is 4.90 Å². The van der Waals surface area contributed by atoms with E-state index in [2.05, 4.69) is 18.4 Å². The number of likely N-dealkylation sites (N-methyl/N-ethyl adjacent to an activating group) is 1. The molecule has 0 unspecified atom stereocenters. The van der Waals surface area contributed by atoms with E-state index in [1.54, 1.807) is 7.11 Å². The Labute approximate surface area is 75.5 Å². The number of hydrogen-bond acceptors (Lipinski definition) is 2. The summed E-state index contributed by atoms with van der Waals surface area (Å²) < 4.78 is 5.03. The zero-order valence-electron chi connectivity index (χ0n) is 8.34. The zero-order chi connectivity index (χ0) is 9.40. The number of nitrogens with zero attached hydrogens (tertiary/aromatic N) is 1. The van der Waals surface area contributed by atoms with E-state index < -0.39 is 0 Å². The molecule has 0 rings (SSSR count). The minimum atomic E-state index is 0.674. The van der Waals surface area contributed by atoms with Gasteiger partial charge in [-0.25, -0.2) is 0 Å². The summed E-state index contributed by atoms with van der Waals surface area (Å²) in [6.45, 7) is 10.6. The fourth-order valence-corrected chi connectivity index (χ4v) is 1.01. The highest BCUT2D eigenvalue weighted by atomic mass is 16.5. The van der Waals surface area contributed by atoms with Gasteiger partial charge in [0, 0.05) is 13.7 Å². The number of allylic oxidation sites excluding steroid dienone is 1. The Hall–Kier alpha value is -0.600. The predicted molar refractivity (Wildman–Crippen MR) is 53.1 cm³/mol. The highest BCUT2D eigenvalue weighted by Crippen LogP contribution is 1.98. The third-order valence-electron chi connectivity index (χ3n) is 1.59. The molecule has 0 saturated carbocycles. The van der Waals surface area contributed by atoms with Crippen LogP contribution in [0, 0.1) is 0 Å². The van der Waals surface area contributed by atoms with E-state index >= 15 is 0 Å². The van der Waals surface area contributed by atoms with Gasteiger partial charge in [0.25, 0.3) is 0 Å². The second kappa shape index (κ2) is 7.07. The number of hydrogen-bond donors (Lipinski definition) is 0. The summed E-state index contributed by atoms with van der Waals surface area (Å²) in [4.78, 5) is 2.18. The normalized spacial score (nSPS) is 11.3. The van der Waals surface area contributed by atoms with E-state index in [9.17, 15) is 0 Å². The molecule has 0 fully saturated rings. The fraction of sp³-hybridized carbons (Fsp3) is 0.600. The van der Waals surface area contributed by atoms with Gasteiger partial charge >= 0.3 is 0 Å². The molecular formula is C10H19NO. The lowest BCUT2D eigenvalue weighted by Crippen LogP contribution is -2.27. The minimum absolute atomic E-state index is 0.674. The maximum atomic E-state index is 5.03.